The van der Waals surface area contributed by atoms with E-state index in [1.165, 1.54) is 11.6 Å². The molecule has 0 radical (unpaired) electrons. The van der Waals surface area contributed by atoms with Crippen molar-refractivity contribution in [3.05, 3.63) is 160 Å². The summed E-state index contributed by atoms with van der Waals surface area (Å²) in [5, 5.41) is 20.6. The maximum absolute atomic E-state index is 13.2. The number of para-hydroxylation sites is 1. The van der Waals surface area contributed by atoms with E-state index >= 15 is 0 Å². The van der Waals surface area contributed by atoms with Gasteiger partial charge in [0.2, 0.25) is 17.4 Å². The molecule has 5 N–H and O–H groups in total. The number of carbonyl (C=O) groups excluding carboxylic acids is 3. The van der Waals surface area contributed by atoms with Gasteiger partial charge in [-0.3, -0.25) is 19.7 Å². The molecule has 12 nitrogen and oxygen atoms in total. The number of aromatic nitrogens is 1. The van der Waals surface area contributed by atoms with Gasteiger partial charge in [-0.15, -0.1) is 0 Å². The zero-order chi connectivity index (χ0) is 44.1. The molecule has 0 saturated carbocycles. The average molecular weight is 849 g/mol. The number of nitrogens with one attached hydrogen (secondary N) is 4. The zero-order valence-corrected chi connectivity index (χ0v) is 35.9. The summed E-state index contributed by atoms with van der Waals surface area (Å²) in [5.41, 5.74) is 7.73. The molecule has 7 rings (SSSR count). The molecular weight excluding hydrogens is 793 g/mol. The molecule has 326 valence electrons. The Hall–Kier alpha value is -6.76. The normalized spacial score (nSPS) is 13.6. The minimum Gasteiger partial charge on any atom is -0.506 e. The highest BCUT2D eigenvalue weighted by Crippen LogP contribution is 2.28. The molecule has 0 aliphatic carbocycles. The lowest BCUT2D eigenvalue weighted by Gasteiger charge is -2.31. The summed E-state index contributed by atoms with van der Waals surface area (Å²) in [7, 11) is 1.77. The van der Waals surface area contributed by atoms with Crippen LogP contribution in [0, 0.1) is 0 Å². The predicted molar refractivity (Wildman–Crippen MR) is 249 cm³/mol. The summed E-state index contributed by atoms with van der Waals surface area (Å²) in [4.78, 5) is 57.3. The van der Waals surface area contributed by atoms with Gasteiger partial charge in [-0.05, 0) is 97.3 Å². The maximum Gasteiger partial charge on any atom is 0.411 e. The first-order chi connectivity index (χ1) is 30.6. The van der Waals surface area contributed by atoms with E-state index in [4.69, 9.17) is 4.74 Å². The Morgan fingerprint density at radius 2 is 1.60 bits per heavy atom. The molecule has 6 aromatic rings. The van der Waals surface area contributed by atoms with E-state index < -0.39 is 6.09 Å². The average Bonchev–Trinajstić information content (AvgIpc) is 3.29. The van der Waals surface area contributed by atoms with Gasteiger partial charge in [0.15, 0.2) is 0 Å². The lowest BCUT2D eigenvalue weighted by Crippen LogP contribution is -2.40. The van der Waals surface area contributed by atoms with Crippen molar-refractivity contribution in [1.82, 2.24) is 20.5 Å². The number of hydrogen-bond donors (Lipinski definition) is 5. The van der Waals surface area contributed by atoms with Gasteiger partial charge in [0.25, 0.3) is 0 Å². The quantitative estimate of drug-likeness (QED) is 0.0629. The Morgan fingerprint density at radius 3 is 2.40 bits per heavy atom. The van der Waals surface area contributed by atoms with Crippen LogP contribution < -0.4 is 26.4 Å². The molecule has 5 aromatic carbocycles. The van der Waals surface area contributed by atoms with Crippen molar-refractivity contribution < 1.29 is 24.2 Å². The highest BCUT2D eigenvalue weighted by Gasteiger charge is 2.24. The molecule has 0 unspecified atom stereocenters. The van der Waals surface area contributed by atoms with E-state index in [1.807, 2.05) is 97.1 Å². The number of likely N-dealkylation sites (tertiary alicyclic amines) is 1. The smallest absolute Gasteiger partial charge is 0.411 e. The Balaban J connectivity index is 0.783. The number of phenolic OH excluding ortho intramolecular Hbond substituents is 1. The molecule has 1 aliphatic heterocycles. The Morgan fingerprint density at radius 1 is 0.857 bits per heavy atom. The number of aromatic amines is 1. The van der Waals surface area contributed by atoms with Gasteiger partial charge >= 0.3 is 6.09 Å². The van der Waals surface area contributed by atoms with Crippen molar-refractivity contribution in [3.63, 3.8) is 0 Å². The fourth-order valence-electron chi connectivity index (χ4n) is 8.11. The minimum atomic E-state index is -0.463. The Labute approximate surface area is 368 Å². The molecule has 1 aromatic heterocycles. The van der Waals surface area contributed by atoms with Crippen LogP contribution in [0.3, 0.4) is 0 Å². The van der Waals surface area contributed by atoms with E-state index in [-0.39, 0.29) is 41.7 Å². The molecule has 63 heavy (non-hydrogen) atoms. The standard InChI is InChI=1S/C51H56N6O6/c1-35(52-27-23-40-17-21-46(58)50-44(40)20-22-47(59)55-50)31-37-9-8-10-38(32-37)34-53-48(60)33-36-15-18-41(19-16-36)56(2)49(61)26-30-57-28-24-42(25-29-57)63-51(62)54-45-14-7-6-13-43(45)39-11-4-3-5-12-39/h3-22,32,35,42,52,58H,23-31,33-34H2,1-2H3,(H,53,60)(H,54,62)(H,55,59)/t35-/m0/s1. The molecule has 0 spiro atoms. The van der Waals surface area contributed by atoms with Crippen LogP contribution >= 0.6 is 0 Å². The molecule has 0 bridgehead atoms. The topological polar surface area (TPSA) is 156 Å². The summed E-state index contributed by atoms with van der Waals surface area (Å²) < 4.78 is 5.78. The monoisotopic (exact) mass is 848 g/mol. The van der Waals surface area contributed by atoms with E-state index in [9.17, 15) is 24.3 Å². The van der Waals surface area contributed by atoms with Crippen LogP contribution in [0.5, 0.6) is 5.75 Å². The SMILES string of the molecule is C[C@@H](Cc1cccc(CNC(=O)Cc2ccc(N(C)C(=O)CCN3CCC(OC(=O)Nc4ccccc4-c4ccccc4)CC3)cc2)c1)NCCc1ccc(O)c2[nH]c(=O)ccc12. The number of piperidine rings is 1. The van der Waals surface area contributed by atoms with Crippen molar-refractivity contribution in [2.24, 2.45) is 0 Å². The lowest BCUT2D eigenvalue weighted by molar-refractivity contribution is -0.120. The van der Waals surface area contributed by atoms with Gasteiger partial charge in [0, 0.05) is 68.4 Å². The van der Waals surface area contributed by atoms with Gasteiger partial charge in [0.1, 0.15) is 11.9 Å². The lowest BCUT2D eigenvalue weighted by atomic mass is 10.0. The number of nitrogens with zero attached hydrogens (tertiary/aromatic N) is 2. The number of fused-ring (bicyclic) bond motifs is 1. The largest absolute Gasteiger partial charge is 0.506 e. The van der Waals surface area contributed by atoms with Crippen molar-refractivity contribution in [2.45, 2.75) is 64.1 Å². The Kier molecular flexibility index (Phi) is 15.0. The summed E-state index contributed by atoms with van der Waals surface area (Å²) in [5.74, 6) is -0.0151. The highest BCUT2D eigenvalue weighted by molar-refractivity contribution is 5.93. The van der Waals surface area contributed by atoms with Gasteiger partial charge in [-0.25, -0.2) is 4.79 Å². The molecule has 1 fully saturated rings. The van der Waals surface area contributed by atoms with Crippen LogP contribution in [0.15, 0.2) is 132 Å². The molecule has 1 atom stereocenters. The molecule has 2 heterocycles. The van der Waals surface area contributed by atoms with Crippen LogP contribution in [0.4, 0.5) is 16.2 Å². The minimum absolute atomic E-state index is 0.00473. The number of ether oxygens (including phenoxy) is 1. The van der Waals surface area contributed by atoms with Crippen LogP contribution in [-0.2, 0) is 40.1 Å². The van der Waals surface area contributed by atoms with Gasteiger partial charge in [-0.2, -0.15) is 0 Å². The second kappa shape index (κ2) is 21.4. The first-order valence-corrected chi connectivity index (χ1v) is 21.7. The van der Waals surface area contributed by atoms with Gasteiger partial charge < -0.3 is 35.3 Å². The van der Waals surface area contributed by atoms with Crippen molar-refractivity contribution in [1.29, 1.82) is 0 Å². The summed E-state index contributed by atoms with van der Waals surface area (Å²) in [6, 6.07) is 40.3. The van der Waals surface area contributed by atoms with Gasteiger partial charge in [0.05, 0.1) is 17.6 Å². The van der Waals surface area contributed by atoms with Crippen LogP contribution in [0.25, 0.3) is 22.0 Å². The second-order valence-electron chi connectivity index (χ2n) is 16.3. The first-order valence-electron chi connectivity index (χ1n) is 21.7. The van der Waals surface area contributed by atoms with E-state index in [2.05, 4.69) is 44.9 Å². The third-order valence-electron chi connectivity index (χ3n) is 11.6. The number of H-pyrrole nitrogens is 1. The number of hydrogen-bond acceptors (Lipinski definition) is 8. The van der Waals surface area contributed by atoms with Crippen LogP contribution in [0.1, 0.15) is 48.4 Å². The van der Waals surface area contributed by atoms with E-state index in [0.717, 1.165) is 71.4 Å². The zero-order valence-electron chi connectivity index (χ0n) is 35.9. The highest BCUT2D eigenvalue weighted by atomic mass is 16.6. The number of phenols is 1. The number of benzene rings is 5. The molecular formula is C51H56N6O6. The fraction of sp³-hybridized carbons (Fsp3) is 0.294. The number of carbonyl (C=O) groups is 3. The number of aromatic hydroxyl groups is 1. The summed E-state index contributed by atoms with van der Waals surface area (Å²) in [6.45, 7) is 5.39. The van der Waals surface area contributed by atoms with E-state index in [1.54, 1.807) is 24.1 Å². The first kappa shape index (κ1) is 44.3. The maximum atomic E-state index is 13.2. The third-order valence-corrected chi connectivity index (χ3v) is 11.6. The number of pyridine rings is 1. The number of anilines is 2. The Bertz CT molecular complexity index is 2550. The predicted octanol–water partition coefficient (Wildman–Crippen LogP) is 7.59. The van der Waals surface area contributed by atoms with Crippen molar-refractivity contribution in [3.8, 4) is 16.9 Å². The fourth-order valence-corrected chi connectivity index (χ4v) is 8.11. The van der Waals surface area contributed by atoms with Crippen molar-refractivity contribution >= 4 is 40.2 Å². The van der Waals surface area contributed by atoms with Crippen LogP contribution in [0.2, 0.25) is 0 Å². The van der Waals surface area contributed by atoms with Gasteiger partial charge in [-0.1, -0.05) is 91.0 Å². The summed E-state index contributed by atoms with van der Waals surface area (Å²) >= 11 is 0. The number of rotatable bonds is 17. The molecule has 3 amide bonds. The van der Waals surface area contributed by atoms with E-state index in [0.29, 0.717) is 43.6 Å². The van der Waals surface area contributed by atoms with Crippen molar-refractivity contribution in [2.75, 3.05) is 43.4 Å². The number of amides is 3. The molecule has 1 saturated heterocycles. The van der Waals surface area contributed by atoms with Crippen LogP contribution in [-0.4, -0.2) is 78.3 Å². The molecule has 1 aliphatic rings. The molecule has 12 heteroatoms. The summed E-state index contributed by atoms with van der Waals surface area (Å²) in [6.07, 6.45) is 2.90. The second-order valence-corrected chi connectivity index (χ2v) is 16.3. The third kappa shape index (κ3) is 12.4.